The first kappa shape index (κ1) is 15.0. The number of halogens is 4. The molecule has 0 amide bonds. The van der Waals surface area contributed by atoms with Crippen LogP contribution in [0, 0.1) is 5.82 Å². The highest BCUT2D eigenvalue weighted by molar-refractivity contribution is 5.78. The number of carbonyl (C=O) groups excluding carboxylic acids is 1. The Morgan fingerprint density at radius 1 is 1.05 bits per heavy atom. The van der Waals surface area contributed by atoms with E-state index < -0.39 is 17.9 Å². The molecule has 2 aromatic carbocycles. The lowest BCUT2D eigenvalue weighted by atomic mass is 10.2. The fourth-order valence-electron chi connectivity index (χ4n) is 1.64. The van der Waals surface area contributed by atoms with Crippen molar-refractivity contribution in [3.05, 3.63) is 59.9 Å². The Morgan fingerprint density at radius 3 is 2.29 bits per heavy atom. The molecule has 0 aliphatic carbocycles. The summed E-state index contributed by atoms with van der Waals surface area (Å²) in [6.07, 6.45) is -3.54. The lowest BCUT2D eigenvalue weighted by molar-refractivity contribution is -0.325. The zero-order valence-corrected chi connectivity index (χ0v) is 10.4. The summed E-state index contributed by atoms with van der Waals surface area (Å²) in [7, 11) is 0. The van der Waals surface area contributed by atoms with Gasteiger partial charge in [-0.3, -0.25) is 4.79 Å². The molecule has 0 fully saturated rings. The number of para-hydroxylation sites is 1. The number of hydrogen-bond acceptors (Lipinski definition) is 3. The van der Waals surface area contributed by atoms with E-state index in [1.165, 1.54) is 30.6 Å². The maximum atomic E-state index is 13.8. The standard InChI is InChI=1S/C14H8F4NO2/c15-12-7-6-10(9-20)8-13(12)19(21-14(16,17)18)11-4-2-1-3-5-11/h1-8H. The summed E-state index contributed by atoms with van der Waals surface area (Å²) in [4.78, 5) is 14.4. The highest BCUT2D eigenvalue weighted by Crippen LogP contribution is 2.33. The third-order valence-electron chi connectivity index (χ3n) is 2.47. The van der Waals surface area contributed by atoms with Gasteiger partial charge in [0.25, 0.3) is 0 Å². The maximum absolute atomic E-state index is 13.8. The maximum Gasteiger partial charge on any atom is 0.544 e. The number of nitrogens with zero attached hydrogens (tertiary/aromatic N) is 1. The fourth-order valence-corrected chi connectivity index (χ4v) is 1.64. The molecule has 0 spiro atoms. The third-order valence-corrected chi connectivity index (χ3v) is 2.47. The Kier molecular flexibility index (Phi) is 4.23. The molecular formula is C14H8F4NO2. The van der Waals surface area contributed by atoms with Gasteiger partial charge >= 0.3 is 6.36 Å². The predicted molar refractivity (Wildman–Crippen MR) is 66.9 cm³/mol. The Morgan fingerprint density at radius 2 is 1.71 bits per heavy atom. The Labute approximate surface area is 117 Å². The van der Waals surface area contributed by atoms with Gasteiger partial charge in [0.15, 0.2) is 0 Å². The van der Waals surface area contributed by atoms with Gasteiger partial charge in [-0.2, -0.15) is 4.84 Å². The average Bonchev–Trinajstić information content (AvgIpc) is 2.45. The second-order valence-corrected chi connectivity index (χ2v) is 3.94. The van der Waals surface area contributed by atoms with Gasteiger partial charge in [0.05, 0.1) is 5.69 Å². The van der Waals surface area contributed by atoms with Crippen molar-refractivity contribution in [3.63, 3.8) is 0 Å². The van der Waals surface area contributed by atoms with Gasteiger partial charge in [0, 0.05) is 5.56 Å². The van der Waals surface area contributed by atoms with E-state index in [1.807, 2.05) is 0 Å². The molecule has 0 aromatic heterocycles. The third kappa shape index (κ3) is 3.79. The lowest BCUT2D eigenvalue weighted by Gasteiger charge is -2.25. The highest BCUT2D eigenvalue weighted by atomic mass is 19.4. The first-order chi connectivity index (χ1) is 9.90. The second kappa shape index (κ2) is 5.92. The van der Waals surface area contributed by atoms with Gasteiger partial charge in [-0.05, 0) is 30.3 Å². The molecule has 0 heterocycles. The molecule has 0 bridgehead atoms. The summed E-state index contributed by atoms with van der Waals surface area (Å²) in [6.45, 7) is 0. The summed E-state index contributed by atoms with van der Waals surface area (Å²) in [6, 6.07) is 10.0. The van der Waals surface area contributed by atoms with Crippen LogP contribution in [0.15, 0.2) is 48.5 Å². The van der Waals surface area contributed by atoms with Gasteiger partial charge in [0.1, 0.15) is 11.5 Å². The molecule has 1 radical (unpaired) electrons. The zero-order valence-electron chi connectivity index (χ0n) is 10.4. The largest absolute Gasteiger partial charge is 0.544 e. The van der Waals surface area contributed by atoms with Crippen molar-refractivity contribution < 1.29 is 27.2 Å². The Bertz CT molecular complexity index is 629. The van der Waals surface area contributed by atoms with Crippen molar-refractivity contribution in [1.82, 2.24) is 0 Å². The van der Waals surface area contributed by atoms with E-state index in [4.69, 9.17) is 0 Å². The molecule has 21 heavy (non-hydrogen) atoms. The molecule has 2 aromatic rings. The smallest absolute Gasteiger partial charge is 0.285 e. The summed E-state index contributed by atoms with van der Waals surface area (Å²) < 4.78 is 51.4. The van der Waals surface area contributed by atoms with E-state index in [0.717, 1.165) is 18.2 Å². The van der Waals surface area contributed by atoms with Crippen LogP contribution < -0.4 is 5.06 Å². The molecule has 0 atom stereocenters. The van der Waals surface area contributed by atoms with Crippen LogP contribution in [0.3, 0.4) is 0 Å². The van der Waals surface area contributed by atoms with Crippen LogP contribution in [0.2, 0.25) is 0 Å². The van der Waals surface area contributed by atoms with Crippen LogP contribution in [0.5, 0.6) is 0 Å². The minimum absolute atomic E-state index is 0.0447. The van der Waals surface area contributed by atoms with E-state index in [1.54, 1.807) is 6.07 Å². The number of hydrogen-bond donors (Lipinski definition) is 0. The SMILES string of the molecule is O=[C]c1ccc(F)c(N(OC(F)(F)F)c2ccccc2)c1. The molecule has 0 unspecified atom stereocenters. The molecule has 3 nitrogen and oxygen atoms in total. The van der Waals surface area contributed by atoms with Crippen molar-refractivity contribution in [2.45, 2.75) is 6.36 Å². The zero-order chi connectivity index (χ0) is 15.5. The molecule has 109 valence electrons. The van der Waals surface area contributed by atoms with Gasteiger partial charge in [-0.15, -0.1) is 13.2 Å². The molecule has 0 saturated heterocycles. The second-order valence-electron chi connectivity index (χ2n) is 3.94. The topological polar surface area (TPSA) is 29.5 Å². The van der Waals surface area contributed by atoms with Crippen LogP contribution >= 0.6 is 0 Å². The summed E-state index contributed by atoms with van der Waals surface area (Å²) in [5, 5.41) is 0.274. The summed E-state index contributed by atoms with van der Waals surface area (Å²) in [5.74, 6) is -0.970. The quantitative estimate of drug-likeness (QED) is 0.634. The van der Waals surface area contributed by atoms with E-state index in [0.29, 0.717) is 0 Å². The number of benzene rings is 2. The monoisotopic (exact) mass is 298 g/mol. The van der Waals surface area contributed by atoms with Crippen molar-refractivity contribution in [3.8, 4) is 0 Å². The van der Waals surface area contributed by atoms with Gasteiger partial charge in [-0.25, -0.2) is 9.45 Å². The number of rotatable bonds is 4. The van der Waals surface area contributed by atoms with Crippen molar-refractivity contribution in [2.75, 3.05) is 5.06 Å². The Hall–Kier alpha value is -2.41. The minimum Gasteiger partial charge on any atom is -0.285 e. The summed E-state index contributed by atoms with van der Waals surface area (Å²) >= 11 is 0. The van der Waals surface area contributed by atoms with Crippen LogP contribution in [0.25, 0.3) is 0 Å². The van der Waals surface area contributed by atoms with E-state index in [-0.39, 0.29) is 16.3 Å². The predicted octanol–water partition coefficient (Wildman–Crippen LogP) is 3.87. The molecule has 0 saturated carbocycles. The molecule has 0 aliphatic heterocycles. The first-order valence-electron chi connectivity index (χ1n) is 5.69. The van der Waals surface area contributed by atoms with Crippen LogP contribution in [0.4, 0.5) is 28.9 Å². The molecule has 7 heteroatoms. The van der Waals surface area contributed by atoms with Gasteiger partial charge in [0.2, 0.25) is 6.29 Å². The van der Waals surface area contributed by atoms with E-state index in [9.17, 15) is 22.4 Å². The molecule has 2 rings (SSSR count). The lowest BCUT2D eigenvalue weighted by Crippen LogP contribution is -2.28. The van der Waals surface area contributed by atoms with E-state index in [2.05, 4.69) is 4.84 Å². The van der Waals surface area contributed by atoms with Crippen molar-refractivity contribution in [1.29, 1.82) is 0 Å². The normalized spacial score (nSPS) is 11.2. The Balaban J connectivity index is 2.52. The molecule has 0 aliphatic rings. The molecular weight excluding hydrogens is 290 g/mol. The van der Waals surface area contributed by atoms with E-state index >= 15 is 0 Å². The highest BCUT2D eigenvalue weighted by Gasteiger charge is 2.35. The average molecular weight is 298 g/mol. The van der Waals surface area contributed by atoms with Crippen molar-refractivity contribution in [2.24, 2.45) is 0 Å². The van der Waals surface area contributed by atoms with Gasteiger partial charge in [-0.1, -0.05) is 18.2 Å². The fraction of sp³-hybridized carbons (Fsp3) is 0.0714. The molecule has 0 N–H and O–H groups in total. The van der Waals surface area contributed by atoms with Gasteiger partial charge < -0.3 is 0 Å². The minimum atomic E-state index is -5.02. The van der Waals surface area contributed by atoms with Crippen molar-refractivity contribution >= 4 is 17.7 Å². The van der Waals surface area contributed by atoms with Crippen LogP contribution in [-0.2, 0) is 9.63 Å². The summed E-state index contributed by atoms with van der Waals surface area (Å²) in [5.41, 5.74) is -0.686. The van der Waals surface area contributed by atoms with Crippen LogP contribution in [0.1, 0.15) is 5.56 Å². The first-order valence-corrected chi connectivity index (χ1v) is 5.69. The number of anilines is 2. The number of alkyl halides is 3. The van der Waals surface area contributed by atoms with Crippen LogP contribution in [-0.4, -0.2) is 12.6 Å².